The summed E-state index contributed by atoms with van der Waals surface area (Å²) in [5.41, 5.74) is 3.29. The molecule has 1 aliphatic heterocycles. The molecule has 0 saturated carbocycles. The standard InChI is InChI=1S/C14H14N2O2/c17-14(7-13-9-18-10-15-13)16-6-5-11-3-1-2-4-12(11)8-16/h1-4,9-10H,5-8H2. The van der Waals surface area contributed by atoms with Crippen molar-refractivity contribution in [3.8, 4) is 0 Å². The Balaban J connectivity index is 1.70. The molecule has 4 nitrogen and oxygen atoms in total. The maximum absolute atomic E-state index is 12.1. The topological polar surface area (TPSA) is 46.3 Å². The van der Waals surface area contributed by atoms with Gasteiger partial charge in [-0.25, -0.2) is 4.98 Å². The van der Waals surface area contributed by atoms with E-state index in [1.165, 1.54) is 23.8 Å². The van der Waals surface area contributed by atoms with Crippen molar-refractivity contribution in [3.05, 3.63) is 53.7 Å². The van der Waals surface area contributed by atoms with E-state index < -0.39 is 0 Å². The molecule has 2 heterocycles. The van der Waals surface area contributed by atoms with Gasteiger partial charge in [-0.2, -0.15) is 0 Å². The quantitative estimate of drug-likeness (QED) is 0.806. The average molecular weight is 242 g/mol. The molecule has 18 heavy (non-hydrogen) atoms. The number of oxazole rings is 1. The minimum absolute atomic E-state index is 0.110. The second kappa shape index (κ2) is 4.64. The Hall–Kier alpha value is -2.10. The molecule has 0 spiro atoms. The second-order valence-electron chi connectivity index (χ2n) is 4.49. The van der Waals surface area contributed by atoms with Crippen molar-refractivity contribution < 1.29 is 9.21 Å². The van der Waals surface area contributed by atoms with Crippen molar-refractivity contribution in [1.29, 1.82) is 0 Å². The Labute approximate surface area is 105 Å². The Bertz CT molecular complexity index is 549. The summed E-state index contributed by atoms with van der Waals surface area (Å²) in [7, 11) is 0. The molecule has 0 unspecified atom stereocenters. The SMILES string of the molecule is O=C(Cc1cocn1)N1CCc2ccccc2C1. The number of rotatable bonds is 2. The second-order valence-corrected chi connectivity index (χ2v) is 4.49. The molecule has 0 bridgehead atoms. The van der Waals surface area contributed by atoms with Crippen molar-refractivity contribution >= 4 is 5.91 Å². The van der Waals surface area contributed by atoms with E-state index in [-0.39, 0.29) is 5.91 Å². The summed E-state index contributed by atoms with van der Waals surface area (Å²) in [6.07, 6.45) is 4.13. The Morgan fingerprint density at radius 1 is 1.33 bits per heavy atom. The average Bonchev–Trinajstić information content (AvgIpc) is 2.91. The molecule has 4 heteroatoms. The fourth-order valence-corrected chi connectivity index (χ4v) is 2.30. The van der Waals surface area contributed by atoms with E-state index >= 15 is 0 Å². The highest BCUT2D eigenvalue weighted by Gasteiger charge is 2.20. The number of fused-ring (bicyclic) bond motifs is 1. The van der Waals surface area contributed by atoms with Crippen LogP contribution < -0.4 is 0 Å². The van der Waals surface area contributed by atoms with Gasteiger partial charge < -0.3 is 9.32 Å². The van der Waals surface area contributed by atoms with Gasteiger partial charge in [-0.15, -0.1) is 0 Å². The summed E-state index contributed by atoms with van der Waals surface area (Å²) in [6.45, 7) is 1.49. The zero-order valence-corrected chi connectivity index (χ0v) is 10.0. The lowest BCUT2D eigenvalue weighted by Crippen LogP contribution is -2.36. The van der Waals surface area contributed by atoms with Crippen LogP contribution in [0.1, 0.15) is 16.8 Å². The van der Waals surface area contributed by atoms with Crippen LogP contribution in [0.4, 0.5) is 0 Å². The highest BCUT2D eigenvalue weighted by Crippen LogP contribution is 2.19. The van der Waals surface area contributed by atoms with E-state index in [9.17, 15) is 4.79 Å². The molecule has 92 valence electrons. The molecule has 0 radical (unpaired) electrons. The van der Waals surface area contributed by atoms with Gasteiger partial charge in [0, 0.05) is 13.1 Å². The van der Waals surface area contributed by atoms with Gasteiger partial charge in [0.1, 0.15) is 6.26 Å². The van der Waals surface area contributed by atoms with E-state index in [0.717, 1.165) is 13.0 Å². The lowest BCUT2D eigenvalue weighted by atomic mass is 10.00. The maximum atomic E-state index is 12.1. The Morgan fingerprint density at radius 3 is 2.94 bits per heavy atom. The summed E-state index contributed by atoms with van der Waals surface area (Å²) in [5, 5.41) is 0. The van der Waals surface area contributed by atoms with Crippen molar-refractivity contribution in [3.63, 3.8) is 0 Å². The molecule has 1 amide bonds. The van der Waals surface area contributed by atoms with Crippen molar-refractivity contribution in [2.45, 2.75) is 19.4 Å². The van der Waals surface area contributed by atoms with Crippen LogP contribution in [-0.4, -0.2) is 22.3 Å². The molecule has 3 rings (SSSR count). The third kappa shape index (κ3) is 2.14. The van der Waals surface area contributed by atoms with Crippen LogP contribution in [0.3, 0.4) is 0 Å². The lowest BCUT2D eigenvalue weighted by Gasteiger charge is -2.28. The van der Waals surface area contributed by atoms with E-state index in [1.807, 2.05) is 17.0 Å². The normalized spacial score (nSPS) is 14.3. The molecule has 1 aromatic heterocycles. The maximum Gasteiger partial charge on any atom is 0.229 e. The van der Waals surface area contributed by atoms with Gasteiger partial charge >= 0.3 is 0 Å². The molecule has 0 atom stereocenters. The predicted octanol–water partition coefficient (Wildman–Crippen LogP) is 1.80. The fourth-order valence-electron chi connectivity index (χ4n) is 2.30. The van der Waals surface area contributed by atoms with Gasteiger partial charge in [0.2, 0.25) is 5.91 Å². The first-order chi connectivity index (χ1) is 8.83. The first-order valence-corrected chi connectivity index (χ1v) is 6.04. The molecular weight excluding hydrogens is 228 g/mol. The van der Waals surface area contributed by atoms with Crippen LogP contribution in [0.25, 0.3) is 0 Å². The number of hydrogen-bond donors (Lipinski definition) is 0. The zero-order valence-electron chi connectivity index (χ0n) is 10.0. The van der Waals surface area contributed by atoms with Gasteiger partial charge in [0.25, 0.3) is 0 Å². The number of benzene rings is 1. The Kier molecular flexibility index (Phi) is 2.84. The van der Waals surface area contributed by atoms with Crippen molar-refractivity contribution in [2.24, 2.45) is 0 Å². The summed E-state index contributed by atoms with van der Waals surface area (Å²) >= 11 is 0. The third-order valence-corrected chi connectivity index (χ3v) is 3.30. The van der Waals surface area contributed by atoms with Gasteiger partial charge in [-0.3, -0.25) is 4.79 Å². The van der Waals surface area contributed by atoms with Crippen molar-refractivity contribution in [2.75, 3.05) is 6.54 Å². The van der Waals surface area contributed by atoms with Crippen LogP contribution in [0.15, 0.2) is 41.3 Å². The molecule has 1 aliphatic rings. The summed E-state index contributed by atoms with van der Waals surface area (Å²) in [6, 6.07) is 8.29. The van der Waals surface area contributed by atoms with Gasteiger partial charge in [-0.05, 0) is 17.5 Å². The first kappa shape index (κ1) is 11.0. The van der Waals surface area contributed by atoms with Gasteiger partial charge in [0.15, 0.2) is 6.39 Å². The van der Waals surface area contributed by atoms with Crippen LogP contribution in [-0.2, 0) is 24.2 Å². The number of nitrogens with zero attached hydrogens (tertiary/aromatic N) is 2. The number of carbonyl (C=O) groups excluding carboxylic acids is 1. The number of carbonyl (C=O) groups is 1. The number of amides is 1. The predicted molar refractivity (Wildman–Crippen MR) is 65.8 cm³/mol. The van der Waals surface area contributed by atoms with Gasteiger partial charge in [0.05, 0.1) is 12.1 Å². The minimum Gasteiger partial charge on any atom is -0.451 e. The molecular formula is C14H14N2O2. The number of hydrogen-bond acceptors (Lipinski definition) is 3. The Morgan fingerprint density at radius 2 is 2.17 bits per heavy atom. The summed E-state index contributed by atoms with van der Waals surface area (Å²) < 4.78 is 4.88. The van der Waals surface area contributed by atoms with Crippen LogP contribution in [0.5, 0.6) is 0 Å². The van der Waals surface area contributed by atoms with Crippen LogP contribution >= 0.6 is 0 Å². The molecule has 0 N–H and O–H groups in total. The van der Waals surface area contributed by atoms with Crippen molar-refractivity contribution in [1.82, 2.24) is 9.88 Å². The highest BCUT2D eigenvalue weighted by molar-refractivity contribution is 5.78. The monoisotopic (exact) mass is 242 g/mol. The fraction of sp³-hybridized carbons (Fsp3) is 0.286. The van der Waals surface area contributed by atoms with Crippen LogP contribution in [0, 0.1) is 0 Å². The lowest BCUT2D eigenvalue weighted by molar-refractivity contribution is -0.131. The highest BCUT2D eigenvalue weighted by atomic mass is 16.3. The smallest absolute Gasteiger partial charge is 0.229 e. The van der Waals surface area contributed by atoms with Gasteiger partial charge in [-0.1, -0.05) is 24.3 Å². The summed E-state index contributed by atoms with van der Waals surface area (Å²) in [4.78, 5) is 18.0. The molecule has 0 saturated heterocycles. The zero-order chi connectivity index (χ0) is 12.4. The first-order valence-electron chi connectivity index (χ1n) is 6.04. The molecule has 0 aliphatic carbocycles. The minimum atomic E-state index is 0.110. The molecule has 0 fully saturated rings. The molecule has 1 aromatic carbocycles. The number of aromatic nitrogens is 1. The van der Waals surface area contributed by atoms with E-state index in [4.69, 9.17) is 4.42 Å². The van der Waals surface area contributed by atoms with E-state index in [1.54, 1.807) is 0 Å². The van der Waals surface area contributed by atoms with E-state index in [2.05, 4.69) is 17.1 Å². The molecule has 2 aromatic rings. The van der Waals surface area contributed by atoms with Crippen LogP contribution in [0.2, 0.25) is 0 Å². The van der Waals surface area contributed by atoms with E-state index in [0.29, 0.717) is 18.7 Å². The third-order valence-electron chi connectivity index (χ3n) is 3.30. The summed E-state index contributed by atoms with van der Waals surface area (Å²) in [5.74, 6) is 0.110. The largest absolute Gasteiger partial charge is 0.451 e.